The SMILES string of the molecule is CC1C(=O)CCN(Cc2cccc(C(F)(F)F)c2)C1C. The number of Topliss-reactive ketones (excluding diaryl/α,β-unsaturated/α-hetero) is 1. The first-order valence-electron chi connectivity index (χ1n) is 6.72. The molecule has 5 heteroatoms. The summed E-state index contributed by atoms with van der Waals surface area (Å²) in [4.78, 5) is 13.7. The maximum atomic E-state index is 12.7. The van der Waals surface area contributed by atoms with E-state index in [2.05, 4.69) is 4.90 Å². The fourth-order valence-electron chi connectivity index (χ4n) is 2.57. The minimum absolute atomic E-state index is 0.0606. The van der Waals surface area contributed by atoms with Gasteiger partial charge in [-0.15, -0.1) is 0 Å². The number of piperidine rings is 1. The Balaban J connectivity index is 2.12. The molecule has 0 bridgehead atoms. The van der Waals surface area contributed by atoms with Crippen LogP contribution < -0.4 is 0 Å². The van der Waals surface area contributed by atoms with Crippen LogP contribution in [-0.2, 0) is 17.5 Å². The molecule has 0 spiro atoms. The van der Waals surface area contributed by atoms with Crippen LogP contribution in [0.4, 0.5) is 13.2 Å². The Morgan fingerprint density at radius 2 is 2.00 bits per heavy atom. The first-order chi connectivity index (χ1) is 9.29. The molecule has 2 atom stereocenters. The minimum atomic E-state index is -4.31. The lowest BCUT2D eigenvalue weighted by Crippen LogP contribution is -2.46. The lowest BCUT2D eigenvalue weighted by Gasteiger charge is -2.37. The summed E-state index contributed by atoms with van der Waals surface area (Å²) in [5.41, 5.74) is 0.0111. The number of halogens is 3. The van der Waals surface area contributed by atoms with E-state index in [1.807, 2.05) is 13.8 Å². The van der Waals surface area contributed by atoms with Gasteiger partial charge in [0.1, 0.15) is 5.78 Å². The highest BCUT2D eigenvalue weighted by Crippen LogP contribution is 2.30. The smallest absolute Gasteiger partial charge is 0.299 e. The molecule has 0 N–H and O–H groups in total. The van der Waals surface area contributed by atoms with Gasteiger partial charge in [-0.3, -0.25) is 9.69 Å². The van der Waals surface area contributed by atoms with Crippen LogP contribution in [0.1, 0.15) is 31.4 Å². The van der Waals surface area contributed by atoms with E-state index in [-0.39, 0.29) is 17.7 Å². The van der Waals surface area contributed by atoms with Crippen LogP contribution in [0.5, 0.6) is 0 Å². The summed E-state index contributed by atoms with van der Waals surface area (Å²) in [6.45, 7) is 4.89. The van der Waals surface area contributed by atoms with Crippen molar-refractivity contribution in [1.29, 1.82) is 0 Å². The Bertz CT molecular complexity index is 498. The second kappa shape index (κ2) is 5.56. The van der Waals surface area contributed by atoms with Gasteiger partial charge < -0.3 is 0 Å². The van der Waals surface area contributed by atoms with Crippen molar-refractivity contribution in [3.8, 4) is 0 Å². The maximum absolute atomic E-state index is 12.7. The van der Waals surface area contributed by atoms with Crippen LogP contribution in [0.2, 0.25) is 0 Å². The first kappa shape index (κ1) is 15.0. The molecule has 2 rings (SSSR count). The highest BCUT2D eigenvalue weighted by Gasteiger charge is 2.32. The Hall–Kier alpha value is -1.36. The van der Waals surface area contributed by atoms with Crippen molar-refractivity contribution in [2.75, 3.05) is 6.54 Å². The Labute approximate surface area is 116 Å². The highest BCUT2D eigenvalue weighted by molar-refractivity contribution is 5.82. The number of rotatable bonds is 2. The molecule has 1 fully saturated rings. The van der Waals surface area contributed by atoms with E-state index < -0.39 is 11.7 Å². The van der Waals surface area contributed by atoms with Crippen LogP contribution in [0.3, 0.4) is 0 Å². The molecule has 2 nitrogen and oxygen atoms in total. The molecule has 0 aromatic heterocycles. The zero-order valence-corrected chi connectivity index (χ0v) is 11.6. The molecule has 0 saturated carbocycles. The average molecular weight is 285 g/mol. The number of likely N-dealkylation sites (tertiary alicyclic amines) is 1. The number of nitrogens with zero attached hydrogens (tertiary/aromatic N) is 1. The Morgan fingerprint density at radius 3 is 2.65 bits per heavy atom. The molecular weight excluding hydrogens is 267 g/mol. The zero-order valence-electron chi connectivity index (χ0n) is 11.6. The van der Waals surface area contributed by atoms with Gasteiger partial charge in [-0.2, -0.15) is 13.2 Å². The van der Waals surface area contributed by atoms with Crippen molar-refractivity contribution >= 4 is 5.78 Å². The summed E-state index contributed by atoms with van der Waals surface area (Å²) in [6, 6.07) is 5.46. The fourth-order valence-corrected chi connectivity index (χ4v) is 2.57. The first-order valence-corrected chi connectivity index (χ1v) is 6.72. The molecule has 1 aliphatic heterocycles. The van der Waals surface area contributed by atoms with Gasteiger partial charge in [0, 0.05) is 31.5 Å². The van der Waals surface area contributed by atoms with Crippen LogP contribution in [0, 0.1) is 5.92 Å². The third-order valence-corrected chi connectivity index (χ3v) is 4.09. The molecule has 1 heterocycles. The third kappa shape index (κ3) is 3.20. The molecule has 2 unspecified atom stereocenters. The number of carbonyl (C=O) groups excluding carboxylic acids is 1. The maximum Gasteiger partial charge on any atom is 0.416 e. The van der Waals surface area contributed by atoms with E-state index in [1.54, 1.807) is 6.07 Å². The fraction of sp³-hybridized carbons (Fsp3) is 0.533. The number of carbonyl (C=O) groups is 1. The largest absolute Gasteiger partial charge is 0.416 e. The molecule has 20 heavy (non-hydrogen) atoms. The van der Waals surface area contributed by atoms with Gasteiger partial charge in [0.25, 0.3) is 0 Å². The van der Waals surface area contributed by atoms with E-state index in [0.717, 1.165) is 6.07 Å². The van der Waals surface area contributed by atoms with E-state index in [0.29, 0.717) is 25.1 Å². The van der Waals surface area contributed by atoms with E-state index in [9.17, 15) is 18.0 Å². The van der Waals surface area contributed by atoms with Crippen LogP contribution in [0.25, 0.3) is 0 Å². The number of benzene rings is 1. The zero-order chi connectivity index (χ0) is 14.9. The summed E-state index contributed by atoms with van der Waals surface area (Å²) in [5.74, 6) is 0.173. The van der Waals surface area contributed by atoms with E-state index in [1.165, 1.54) is 12.1 Å². The Morgan fingerprint density at radius 1 is 1.30 bits per heavy atom. The number of hydrogen-bond acceptors (Lipinski definition) is 2. The molecule has 0 amide bonds. The summed E-state index contributed by atoms with van der Waals surface area (Å²) in [5, 5.41) is 0. The quantitative estimate of drug-likeness (QED) is 0.829. The predicted molar refractivity (Wildman–Crippen MR) is 70.1 cm³/mol. The summed E-state index contributed by atoms with van der Waals surface area (Å²) in [7, 11) is 0. The molecule has 0 radical (unpaired) electrons. The molecule has 1 saturated heterocycles. The number of alkyl halides is 3. The summed E-state index contributed by atoms with van der Waals surface area (Å²) >= 11 is 0. The van der Waals surface area contributed by atoms with Gasteiger partial charge >= 0.3 is 6.18 Å². The lowest BCUT2D eigenvalue weighted by atomic mass is 9.90. The second-order valence-corrected chi connectivity index (χ2v) is 5.41. The number of ketones is 1. The summed E-state index contributed by atoms with van der Waals surface area (Å²) in [6.07, 6.45) is -3.84. The van der Waals surface area contributed by atoms with E-state index >= 15 is 0 Å². The molecule has 1 aromatic rings. The average Bonchev–Trinajstić information content (AvgIpc) is 2.39. The molecule has 0 aliphatic carbocycles. The predicted octanol–water partition coefficient (Wildman–Crippen LogP) is 3.50. The van der Waals surface area contributed by atoms with Crippen LogP contribution >= 0.6 is 0 Å². The van der Waals surface area contributed by atoms with Gasteiger partial charge in [-0.25, -0.2) is 0 Å². The normalized spacial score (nSPS) is 24.9. The van der Waals surface area contributed by atoms with Crippen LogP contribution in [0.15, 0.2) is 24.3 Å². The van der Waals surface area contributed by atoms with Gasteiger partial charge in [0.15, 0.2) is 0 Å². The molecule has 110 valence electrons. The third-order valence-electron chi connectivity index (χ3n) is 4.09. The van der Waals surface area contributed by atoms with Crippen molar-refractivity contribution in [3.05, 3.63) is 35.4 Å². The number of hydrogen-bond donors (Lipinski definition) is 0. The van der Waals surface area contributed by atoms with Crippen molar-refractivity contribution in [2.24, 2.45) is 5.92 Å². The van der Waals surface area contributed by atoms with Crippen molar-refractivity contribution in [1.82, 2.24) is 4.90 Å². The van der Waals surface area contributed by atoms with E-state index in [4.69, 9.17) is 0 Å². The summed E-state index contributed by atoms with van der Waals surface area (Å²) < 4.78 is 38.0. The van der Waals surface area contributed by atoms with Gasteiger partial charge in [-0.1, -0.05) is 25.1 Å². The molecule has 1 aliphatic rings. The van der Waals surface area contributed by atoms with Crippen molar-refractivity contribution in [2.45, 2.75) is 39.0 Å². The van der Waals surface area contributed by atoms with Gasteiger partial charge in [0.05, 0.1) is 5.56 Å². The highest BCUT2D eigenvalue weighted by atomic mass is 19.4. The van der Waals surface area contributed by atoms with Crippen molar-refractivity contribution in [3.63, 3.8) is 0 Å². The van der Waals surface area contributed by atoms with Crippen LogP contribution in [-0.4, -0.2) is 23.3 Å². The standard InChI is InChI=1S/C15H18F3NO/c1-10-11(2)19(7-6-14(10)20)9-12-4-3-5-13(8-12)15(16,17)18/h3-5,8,10-11H,6-7,9H2,1-2H3. The minimum Gasteiger partial charge on any atom is -0.299 e. The van der Waals surface area contributed by atoms with Crippen molar-refractivity contribution < 1.29 is 18.0 Å². The topological polar surface area (TPSA) is 20.3 Å². The second-order valence-electron chi connectivity index (χ2n) is 5.41. The molecule has 1 aromatic carbocycles. The lowest BCUT2D eigenvalue weighted by molar-refractivity contribution is -0.137. The molecular formula is C15H18F3NO. The Kier molecular flexibility index (Phi) is 4.18. The van der Waals surface area contributed by atoms with Gasteiger partial charge in [0.2, 0.25) is 0 Å². The monoisotopic (exact) mass is 285 g/mol. The van der Waals surface area contributed by atoms with Gasteiger partial charge in [-0.05, 0) is 18.6 Å².